The largest absolute Gasteiger partial charge is 0.508 e. The van der Waals surface area contributed by atoms with Gasteiger partial charge in [-0.3, -0.25) is 0 Å². The van der Waals surface area contributed by atoms with Gasteiger partial charge in [0, 0.05) is 25.0 Å². The maximum Gasteiger partial charge on any atom is 0.115 e. The number of hydrogen-bond acceptors (Lipinski definition) is 4. The number of rotatable bonds is 1. The minimum absolute atomic E-state index is 0.0207. The lowest BCUT2D eigenvalue weighted by Gasteiger charge is -2.64. The van der Waals surface area contributed by atoms with Gasteiger partial charge in [-0.2, -0.15) is 0 Å². The highest BCUT2D eigenvalue weighted by atomic mass is 16.5. The smallest absolute Gasteiger partial charge is 0.115 e. The molecule has 3 aliphatic carbocycles. The van der Waals surface area contributed by atoms with E-state index in [9.17, 15) is 10.2 Å². The summed E-state index contributed by atoms with van der Waals surface area (Å²) in [6.45, 7) is 4.64. The minimum atomic E-state index is -0.310. The van der Waals surface area contributed by atoms with E-state index in [1.54, 1.807) is 6.07 Å². The van der Waals surface area contributed by atoms with Crippen molar-refractivity contribution in [3.63, 3.8) is 0 Å². The second kappa shape index (κ2) is 7.26. The van der Waals surface area contributed by atoms with Crippen LogP contribution in [0, 0.1) is 41.4 Å². The van der Waals surface area contributed by atoms with Gasteiger partial charge in [-0.25, -0.2) is 0 Å². The molecule has 4 N–H and O–H groups in total. The Morgan fingerprint density at radius 2 is 2.03 bits per heavy atom. The first-order valence-corrected chi connectivity index (χ1v) is 11.7. The van der Waals surface area contributed by atoms with Crippen molar-refractivity contribution < 1.29 is 14.9 Å². The summed E-state index contributed by atoms with van der Waals surface area (Å²) in [6, 6.07) is 5.74. The minimum Gasteiger partial charge on any atom is -0.508 e. The predicted molar refractivity (Wildman–Crippen MR) is 117 cm³/mol. The molecule has 2 saturated carbocycles. The van der Waals surface area contributed by atoms with Crippen LogP contribution in [0.3, 0.4) is 0 Å². The Morgan fingerprint density at radius 3 is 2.80 bits per heavy atom. The van der Waals surface area contributed by atoms with E-state index in [2.05, 4.69) is 31.8 Å². The second-order valence-corrected chi connectivity index (χ2v) is 10.8. The Kier molecular flexibility index (Phi) is 4.93. The van der Waals surface area contributed by atoms with Gasteiger partial charge >= 0.3 is 0 Å². The Labute approximate surface area is 180 Å². The number of aliphatic hydroxyl groups is 1. The zero-order chi connectivity index (χ0) is 21.1. The fraction of sp³-hybridized carbons (Fsp3) is 0.692. The topological polar surface area (TPSA) is 75.7 Å². The molecule has 2 saturated heterocycles. The van der Waals surface area contributed by atoms with E-state index in [-0.39, 0.29) is 29.8 Å². The van der Waals surface area contributed by atoms with Crippen molar-refractivity contribution in [2.24, 2.45) is 35.3 Å². The standard InChI is InChI=1S/C26H35NO3/c1-25(2)22-8-9-26(30-25)20-12-16(10-17(13-20)15-28)11-19-6-7-21(29)14-18(19)4-3-5-23(26)24(22)27/h6-7,14,16-17,20,22-24,28-29H,4,8-13,15,27H2,1-2H3. The summed E-state index contributed by atoms with van der Waals surface area (Å²) in [7, 11) is 0. The average Bonchev–Trinajstić information content (AvgIpc) is 2.71. The summed E-state index contributed by atoms with van der Waals surface area (Å²) >= 11 is 0. The van der Waals surface area contributed by atoms with Gasteiger partial charge in [0.1, 0.15) is 5.75 Å². The van der Waals surface area contributed by atoms with E-state index in [0.717, 1.165) is 44.1 Å². The van der Waals surface area contributed by atoms with Crippen LogP contribution in [0.1, 0.15) is 57.1 Å². The van der Waals surface area contributed by atoms with Gasteiger partial charge in [-0.15, -0.1) is 0 Å². The molecule has 0 radical (unpaired) electrons. The normalized spacial score (nSPS) is 41.6. The van der Waals surface area contributed by atoms with E-state index in [1.807, 2.05) is 6.07 Å². The van der Waals surface area contributed by atoms with Crippen LogP contribution in [-0.2, 0) is 17.6 Å². The predicted octanol–water partition coefficient (Wildman–Crippen LogP) is 3.42. The molecule has 0 amide bonds. The number of benzene rings is 1. The Bertz CT molecular complexity index is 884. The van der Waals surface area contributed by atoms with Gasteiger partial charge in [-0.1, -0.05) is 17.9 Å². The molecule has 4 bridgehead atoms. The molecule has 7 unspecified atom stereocenters. The third-order valence-electron chi connectivity index (χ3n) is 8.65. The summed E-state index contributed by atoms with van der Waals surface area (Å²) in [5.41, 5.74) is 8.74. The third kappa shape index (κ3) is 3.18. The lowest BCUT2D eigenvalue weighted by Crippen LogP contribution is -2.71. The summed E-state index contributed by atoms with van der Waals surface area (Å²) < 4.78 is 6.98. The molecular formula is C26H35NO3. The number of aromatic hydroxyl groups is 1. The highest BCUT2D eigenvalue weighted by molar-refractivity contribution is 5.38. The van der Waals surface area contributed by atoms with Gasteiger partial charge < -0.3 is 20.7 Å². The molecule has 6 rings (SSSR count). The number of phenols is 1. The first-order chi connectivity index (χ1) is 14.3. The van der Waals surface area contributed by atoms with Gasteiger partial charge in [0.15, 0.2) is 0 Å². The van der Waals surface area contributed by atoms with Gasteiger partial charge in [0.2, 0.25) is 0 Å². The molecule has 7 atom stereocenters. The van der Waals surface area contributed by atoms with Gasteiger partial charge in [0.05, 0.1) is 17.1 Å². The molecule has 0 aromatic heterocycles. The molecule has 5 aliphatic rings. The van der Waals surface area contributed by atoms with Crippen LogP contribution >= 0.6 is 0 Å². The van der Waals surface area contributed by atoms with Crippen LogP contribution in [0.5, 0.6) is 5.75 Å². The van der Waals surface area contributed by atoms with E-state index in [0.29, 0.717) is 35.8 Å². The number of ether oxygens (including phenoxy) is 1. The zero-order valence-electron chi connectivity index (χ0n) is 18.2. The Balaban J connectivity index is 1.61. The highest BCUT2D eigenvalue weighted by Crippen LogP contribution is 2.58. The van der Waals surface area contributed by atoms with E-state index in [1.165, 1.54) is 5.56 Å². The highest BCUT2D eigenvalue weighted by Gasteiger charge is 2.63. The molecule has 30 heavy (non-hydrogen) atoms. The number of hydrogen-bond donors (Lipinski definition) is 3. The molecule has 1 aromatic rings. The van der Waals surface area contributed by atoms with Crippen LogP contribution in [0.2, 0.25) is 0 Å². The first-order valence-electron chi connectivity index (χ1n) is 11.7. The molecule has 1 aromatic carbocycles. The molecule has 4 fully saturated rings. The van der Waals surface area contributed by atoms with E-state index >= 15 is 0 Å². The second-order valence-electron chi connectivity index (χ2n) is 10.8. The number of aliphatic hydroxyl groups excluding tert-OH is 1. The number of phenolic OH excluding ortho intramolecular Hbond substituents is 1. The maximum atomic E-state index is 10.1. The summed E-state index contributed by atoms with van der Waals surface area (Å²) in [5.74, 6) is 8.86. The summed E-state index contributed by atoms with van der Waals surface area (Å²) in [4.78, 5) is 0. The molecule has 162 valence electrons. The molecule has 4 nitrogen and oxygen atoms in total. The average molecular weight is 410 g/mol. The Hall–Kier alpha value is -1.54. The van der Waals surface area contributed by atoms with Crippen molar-refractivity contribution in [2.75, 3.05) is 6.61 Å². The quantitative estimate of drug-likeness (QED) is 0.621. The number of nitrogens with two attached hydrogens (primary N) is 1. The summed E-state index contributed by atoms with van der Waals surface area (Å²) in [5, 5.41) is 20.2. The molecule has 2 aliphatic heterocycles. The zero-order valence-corrected chi connectivity index (χ0v) is 18.2. The fourth-order valence-electron chi connectivity index (χ4n) is 7.36. The first kappa shape index (κ1) is 20.4. The number of fused-ring (bicyclic) bond motifs is 5. The SMILES string of the molecule is CC1(C)OC23CCC1C(N)C2C#CCc1cc(O)ccc1CC1CC(CO)CC3C1. The van der Waals surface area contributed by atoms with Crippen molar-refractivity contribution in [2.45, 2.75) is 76.0 Å². The maximum absolute atomic E-state index is 10.1. The molecule has 2 heterocycles. The fourth-order valence-corrected chi connectivity index (χ4v) is 7.36. The van der Waals surface area contributed by atoms with Gasteiger partial charge in [0.25, 0.3) is 0 Å². The van der Waals surface area contributed by atoms with Crippen LogP contribution in [0.15, 0.2) is 18.2 Å². The molecule has 1 spiro atoms. The van der Waals surface area contributed by atoms with Crippen LogP contribution in [0.25, 0.3) is 0 Å². The van der Waals surface area contributed by atoms with Crippen molar-refractivity contribution in [3.05, 3.63) is 29.3 Å². The van der Waals surface area contributed by atoms with Crippen LogP contribution in [-0.4, -0.2) is 34.1 Å². The lowest BCUT2D eigenvalue weighted by atomic mass is 9.53. The van der Waals surface area contributed by atoms with Crippen molar-refractivity contribution in [3.8, 4) is 17.6 Å². The van der Waals surface area contributed by atoms with E-state index in [4.69, 9.17) is 10.5 Å². The van der Waals surface area contributed by atoms with Crippen LogP contribution in [0.4, 0.5) is 0 Å². The third-order valence-corrected chi connectivity index (χ3v) is 8.65. The Morgan fingerprint density at radius 1 is 1.20 bits per heavy atom. The van der Waals surface area contributed by atoms with E-state index < -0.39 is 0 Å². The van der Waals surface area contributed by atoms with Crippen molar-refractivity contribution >= 4 is 0 Å². The molecule has 4 heteroatoms. The van der Waals surface area contributed by atoms with Crippen molar-refractivity contribution in [1.29, 1.82) is 0 Å². The van der Waals surface area contributed by atoms with Gasteiger partial charge in [-0.05, 0) is 93.4 Å². The lowest BCUT2D eigenvalue weighted by molar-refractivity contribution is -0.287. The van der Waals surface area contributed by atoms with Crippen molar-refractivity contribution in [1.82, 2.24) is 0 Å². The molecular weight excluding hydrogens is 374 g/mol. The summed E-state index contributed by atoms with van der Waals surface area (Å²) in [6.07, 6.45) is 6.89. The van der Waals surface area contributed by atoms with Crippen LogP contribution < -0.4 is 5.73 Å². The monoisotopic (exact) mass is 409 g/mol.